The SMILES string of the molecule is COCCN1C(=O)C(c2ccccc2)CC12CCN(CCN(C)C)CC2. The summed E-state index contributed by atoms with van der Waals surface area (Å²) >= 11 is 0. The number of methoxy groups -OCH3 is 1. The van der Waals surface area contributed by atoms with Crippen molar-refractivity contribution >= 4 is 5.91 Å². The Bertz CT molecular complexity index is 582. The average molecular weight is 360 g/mol. The molecule has 1 unspecified atom stereocenters. The number of hydrogen-bond donors (Lipinski definition) is 0. The Labute approximate surface area is 157 Å². The van der Waals surface area contributed by atoms with E-state index in [4.69, 9.17) is 4.74 Å². The standard InChI is InChI=1S/C21H33N3O2/c1-22(2)13-14-23-11-9-21(10-12-23)17-19(18-7-5-4-6-8-18)20(25)24(21)15-16-26-3/h4-8,19H,9-17H2,1-3H3. The van der Waals surface area contributed by atoms with Gasteiger partial charge in [0.2, 0.25) is 5.91 Å². The fraction of sp³-hybridized carbons (Fsp3) is 0.667. The fourth-order valence-corrected chi connectivity index (χ4v) is 4.48. The van der Waals surface area contributed by atoms with Crippen LogP contribution in [0.25, 0.3) is 0 Å². The molecule has 0 saturated carbocycles. The van der Waals surface area contributed by atoms with Crippen molar-refractivity contribution in [2.75, 3.05) is 60.5 Å². The third kappa shape index (κ3) is 4.11. The monoisotopic (exact) mass is 359 g/mol. The molecule has 1 aromatic rings. The van der Waals surface area contributed by atoms with Crippen molar-refractivity contribution in [1.29, 1.82) is 0 Å². The second kappa shape index (κ2) is 8.51. The maximum atomic E-state index is 13.2. The van der Waals surface area contributed by atoms with E-state index in [-0.39, 0.29) is 17.4 Å². The summed E-state index contributed by atoms with van der Waals surface area (Å²) in [5.74, 6) is 0.288. The molecule has 0 radical (unpaired) electrons. The van der Waals surface area contributed by atoms with E-state index in [2.05, 4.69) is 40.9 Å². The van der Waals surface area contributed by atoms with Crippen LogP contribution in [0.1, 0.15) is 30.7 Å². The third-order valence-corrected chi connectivity index (χ3v) is 6.09. The molecule has 2 heterocycles. The largest absolute Gasteiger partial charge is 0.383 e. The smallest absolute Gasteiger partial charge is 0.230 e. The van der Waals surface area contributed by atoms with Crippen LogP contribution in [0.5, 0.6) is 0 Å². The summed E-state index contributed by atoms with van der Waals surface area (Å²) in [6.07, 6.45) is 3.08. The lowest BCUT2D eigenvalue weighted by molar-refractivity contribution is -0.134. The summed E-state index contributed by atoms with van der Waals surface area (Å²) in [5.41, 5.74) is 1.16. The van der Waals surface area contributed by atoms with Gasteiger partial charge in [0.05, 0.1) is 12.5 Å². The number of likely N-dealkylation sites (tertiary alicyclic amines) is 2. The van der Waals surface area contributed by atoms with E-state index in [1.54, 1.807) is 7.11 Å². The lowest BCUT2D eigenvalue weighted by atomic mass is 9.81. The number of likely N-dealkylation sites (N-methyl/N-ethyl adjacent to an activating group) is 1. The Balaban J connectivity index is 1.73. The van der Waals surface area contributed by atoms with E-state index in [1.165, 1.54) is 0 Å². The highest BCUT2D eigenvalue weighted by molar-refractivity contribution is 5.87. The number of hydrogen-bond acceptors (Lipinski definition) is 4. The number of carbonyl (C=O) groups is 1. The second-order valence-corrected chi connectivity index (χ2v) is 8.02. The zero-order chi connectivity index (χ0) is 18.6. The molecule has 5 heteroatoms. The average Bonchev–Trinajstić information content (AvgIpc) is 2.92. The minimum Gasteiger partial charge on any atom is -0.383 e. The molecule has 0 bridgehead atoms. The Hall–Kier alpha value is -1.43. The van der Waals surface area contributed by atoms with Crippen molar-refractivity contribution < 1.29 is 9.53 Å². The van der Waals surface area contributed by atoms with E-state index < -0.39 is 0 Å². The van der Waals surface area contributed by atoms with E-state index >= 15 is 0 Å². The molecule has 1 amide bonds. The quantitative estimate of drug-likeness (QED) is 0.747. The van der Waals surface area contributed by atoms with E-state index in [9.17, 15) is 4.79 Å². The summed E-state index contributed by atoms with van der Waals surface area (Å²) in [6, 6.07) is 10.3. The van der Waals surface area contributed by atoms with Crippen LogP contribution in [0, 0.1) is 0 Å². The van der Waals surface area contributed by atoms with Gasteiger partial charge in [-0.25, -0.2) is 0 Å². The Morgan fingerprint density at radius 3 is 2.46 bits per heavy atom. The first-order valence-electron chi connectivity index (χ1n) is 9.78. The number of benzene rings is 1. The van der Waals surface area contributed by atoms with Crippen LogP contribution in [-0.4, -0.2) is 86.7 Å². The highest BCUT2D eigenvalue weighted by Crippen LogP contribution is 2.45. The van der Waals surface area contributed by atoms with Gasteiger partial charge in [-0.1, -0.05) is 30.3 Å². The second-order valence-electron chi connectivity index (χ2n) is 8.02. The van der Waals surface area contributed by atoms with Crippen molar-refractivity contribution in [3.63, 3.8) is 0 Å². The number of ether oxygens (including phenoxy) is 1. The zero-order valence-corrected chi connectivity index (χ0v) is 16.5. The number of piperidine rings is 1. The Morgan fingerprint density at radius 2 is 1.85 bits per heavy atom. The molecule has 1 atom stereocenters. The minimum atomic E-state index is 0.00128. The van der Waals surface area contributed by atoms with Crippen LogP contribution in [0.4, 0.5) is 0 Å². The lowest BCUT2D eigenvalue weighted by Gasteiger charge is -2.45. The number of carbonyl (C=O) groups excluding carboxylic acids is 1. The first kappa shape index (κ1) is 19.3. The molecule has 2 aliphatic rings. The Kier molecular flexibility index (Phi) is 6.33. The molecule has 2 fully saturated rings. The van der Waals surface area contributed by atoms with E-state index in [0.29, 0.717) is 13.2 Å². The first-order valence-corrected chi connectivity index (χ1v) is 9.78. The summed E-state index contributed by atoms with van der Waals surface area (Å²) in [7, 11) is 5.96. The van der Waals surface area contributed by atoms with Crippen molar-refractivity contribution in [2.45, 2.75) is 30.7 Å². The molecule has 3 rings (SSSR count). The Morgan fingerprint density at radius 1 is 1.15 bits per heavy atom. The molecule has 1 spiro atoms. The summed E-state index contributed by atoms with van der Waals surface area (Å²) in [5, 5.41) is 0. The normalized spacial score (nSPS) is 23.3. The van der Waals surface area contributed by atoms with Crippen LogP contribution in [0.2, 0.25) is 0 Å². The van der Waals surface area contributed by atoms with Gasteiger partial charge in [-0.05, 0) is 38.9 Å². The molecule has 144 valence electrons. The summed E-state index contributed by atoms with van der Waals surface area (Å²) < 4.78 is 5.30. The summed E-state index contributed by atoms with van der Waals surface area (Å²) in [6.45, 7) is 5.66. The van der Waals surface area contributed by atoms with Crippen LogP contribution < -0.4 is 0 Å². The molecule has 1 aromatic carbocycles. The van der Waals surface area contributed by atoms with Crippen molar-refractivity contribution in [3.8, 4) is 0 Å². The molecule has 0 N–H and O–H groups in total. The summed E-state index contributed by atoms with van der Waals surface area (Å²) in [4.78, 5) is 20.2. The van der Waals surface area contributed by atoms with Crippen molar-refractivity contribution in [2.24, 2.45) is 0 Å². The minimum absolute atomic E-state index is 0.00128. The van der Waals surface area contributed by atoms with Gasteiger partial charge in [0.15, 0.2) is 0 Å². The van der Waals surface area contributed by atoms with Crippen LogP contribution in [0.3, 0.4) is 0 Å². The molecule has 2 saturated heterocycles. The topological polar surface area (TPSA) is 36.0 Å². The molecular weight excluding hydrogens is 326 g/mol. The maximum absolute atomic E-state index is 13.2. The molecule has 2 aliphatic heterocycles. The molecule has 0 aromatic heterocycles. The van der Waals surface area contributed by atoms with Gasteiger partial charge < -0.3 is 19.4 Å². The number of amides is 1. The molecule has 0 aliphatic carbocycles. The van der Waals surface area contributed by atoms with Gasteiger partial charge >= 0.3 is 0 Å². The van der Waals surface area contributed by atoms with E-state index in [1.807, 2.05) is 18.2 Å². The van der Waals surface area contributed by atoms with Gasteiger partial charge in [-0.2, -0.15) is 0 Å². The van der Waals surface area contributed by atoms with Crippen LogP contribution in [-0.2, 0) is 9.53 Å². The van der Waals surface area contributed by atoms with Crippen LogP contribution >= 0.6 is 0 Å². The number of nitrogens with zero attached hydrogens (tertiary/aromatic N) is 3. The maximum Gasteiger partial charge on any atom is 0.230 e. The van der Waals surface area contributed by atoms with Crippen molar-refractivity contribution in [3.05, 3.63) is 35.9 Å². The first-order chi connectivity index (χ1) is 12.6. The predicted octanol–water partition coefficient (Wildman–Crippen LogP) is 2.05. The number of rotatable bonds is 7. The van der Waals surface area contributed by atoms with Gasteiger partial charge in [0.1, 0.15) is 0 Å². The van der Waals surface area contributed by atoms with Gasteiger partial charge in [0, 0.05) is 45.4 Å². The van der Waals surface area contributed by atoms with Crippen molar-refractivity contribution in [1.82, 2.24) is 14.7 Å². The van der Waals surface area contributed by atoms with E-state index in [0.717, 1.165) is 51.0 Å². The van der Waals surface area contributed by atoms with Gasteiger partial charge in [-0.15, -0.1) is 0 Å². The van der Waals surface area contributed by atoms with Gasteiger partial charge in [-0.3, -0.25) is 4.79 Å². The van der Waals surface area contributed by atoms with Gasteiger partial charge in [0.25, 0.3) is 0 Å². The molecule has 26 heavy (non-hydrogen) atoms. The third-order valence-electron chi connectivity index (χ3n) is 6.09. The predicted molar refractivity (Wildman–Crippen MR) is 104 cm³/mol. The highest BCUT2D eigenvalue weighted by Gasteiger charge is 2.51. The van der Waals surface area contributed by atoms with Crippen LogP contribution in [0.15, 0.2) is 30.3 Å². The fourth-order valence-electron chi connectivity index (χ4n) is 4.48. The zero-order valence-electron chi connectivity index (χ0n) is 16.5. The molecular formula is C21H33N3O2. The lowest BCUT2D eigenvalue weighted by Crippen LogP contribution is -2.54. The highest BCUT2D eigenvalue weighted by atomic mass is 16.5. The molecule has 5 nitrogen and oxygen atoms in total.